The number of Topliss-reactive ketones (excluding diaryl/α,β-unsaturated/α-hetero) is 2. The van der Waals surface area contributed by atoms with Crippen LogP contribution in [0.3, 0.4) is 0 Å². The van der Waals surface area contributed by atoms with E-state index in [1.165, 1.54) is 0 Å². The summed E-state index contributed by atoms with van der Waals surface area (Å²) < 4.78 is 0. The molecule has 0 aliphatic carbocycles. The molecule has 0 aliphatic rings. The Morgan fingerprint density at radius 1 is 1.36 bits per heavy atom. The molecule has 0 amide bonds. The molecule has 5 nitrogen and oxygen atoms in total. The highest BCUT2D eigenvalue weighted by Crippen LogP contribution is 2.06. The third-order valence-electron chi connectivity index (χ3n) is 2.14. The molecule has 0 saturated heterocycles. The Morgan fingerprint density at radius 2 is 1.93 bits per heavy atom. The van der Waals surface area contributed by atoms with Gasteiger partial charge in [0.1, 0.15) is 12.4 Å². The Balaban J connectivity index is 3.99. The Labute approximate surface area is 83.7 Å². The first kappa shape index (κ1) is 13.2. The lowest BCUT2D eigenvalue weighted by atomic mass is 9.96. The average molecular weight is 202 g/mol. The van der Waals surface area contributed by atoms with Crippen molar-refractivity contribution in [1.82, 2.24) is 0 Å². The highest BCUT2D eigenvalue weighted by molar-refractivity contribution is 5.90. The summed E-state index contributed by atoms with van der Waals surface area (Å²) in [5.41, 5.74) is 5.52. The molecule has 2 unspecified atom stereocenters. The van der Waals surface area contributed by atoms with Crippen molar-refractivity contribution in [3.05, 3.63) is 0 Å². The van der Waals surface area contributed by atoms with Crippen LogP contribution in [0.4, 0.5) is 0 Å². The summed E-state index contributed by atoms with van der Waals surface area (Å²) in [5.74, 6) is 4.11. The molecule has 2 atom stereocenters. The van der Waals surface area contributed by atoms with Gasteiger partial charge in [0.25, 0.3) is 0 Å². The van der Waals surface area contributed by atoms with Crippen LogP contribution < -0.4 is 11.6 Å². The zero-order valence-electron chi connectivity index (χ0n) is 8.66. The van der Waals surface area contributed by atoms with Gasteiger partial charge in [0.15, 0.2) is 5.78 Å². The summed E-state index contributed by atoms with van der Waals surface area (Å²) in [6, 6.07) is -0.468. The van der Waals surface area contributed by atoms with E-state index in [2.05, 4.69) is 4.84 Å². The Kier molecular flexibility index (Phi) is 6.27. The van der Waals surface area contributed by atoms with Gasteiger partial charge in [0, 0.05) is 12.3 Å². The van der Waals surface area contributed by atoms with Gasteiger partial charge in [-0.25, -0.2) is 5.90 Å². The molecule has 0 fully saturated rings. The summed E-state index contributed by atoms with van der Waals surface area (Å²) in [7, 11) is 0. The second kappa shape index (κ2) is 6.64. The number of ketones is 2. The van der Waals surface area contributed by atoms with Gasteiger partial charge in [-0.2, -0.15) is 0 Å². The van der Waals surface area contributed by atoms with E-state index in [1.807, 2.05) is 6.92 Å². The molecule has 5 heteroatoms. The topological polar surface area (TPSA) is 95.4 Å². The molecular weight excluding hydrogens is 184 g/mol. The number of nitrogens with two attached hydrogens (primary N) is 2. The van der Waals surface area contributed by atoms with Crippen LogP contribution in [0.25, 0.3) is 0 Å². The van der Waals surface area contributed by atoms with E-state index in [0.717, 1.165) is 0 Å². The van der Waals surface area contributed by atoms with E-state index < -0.39 is 6.04 Å². The molecule has 0 saturated carbocycles. The van der Waals surface area contributed by atoms with Crippen molar-refractivity contribution in [2.24, 2.45) is 17.5 Å². The third-order valence-corrected chi connectivity index (χ3v) is 2.14. The van der Waals surface area contributed by atoms with E-state index in [1.54, 1.807) is 6.92 Å². The van der Waals surface area contributed by atoms with Crippen molar-refractivity contribution in [1.29, 1.82) is 0 Å². The molecule has 0 radical (unpaired) electrons. The van der Waals surface area contributed by atoms with Gasteiger partial charge in [-0.1, -0.05) is 13.8 Å². The van der Waals surface area contributed by atoms with E-state index >= 15 is 0 Å². The van der Waals surface area contributed by atoms with Gasteiger partial charge < -0.3 is 5.73 Å². The minimum absolute atomic E-state index is 0.0922. The van der Waals surface area contributed by atoms with Crippen LogP contribution in [0, 0.1) is 5.92 Å². The predicted octanol–water partition coefficient (Wildman–Crippen LogP) is -0.222. The lowest BCUT2D eigenvalue weighted by Gasteiger charge is -2.11. The second-order valence-electron chi connectivity index (χ2n) is 3.36. The SMILES string of the molecule is CCC(N)C(=O)CC(C)C(=O)CON. The monoisotopic (exact) mass is 202 g/mol. The lowest BCUT2D eigenvalue weighted by Crippen LogP contribution is -2.32. The van der Waals surface area contributed by atoms with Gasteiger partial charge >= 0.3 is 0 Å². The number of carbonyl (C=O) groups excluding carboxylic acids is 2. The molecule has 0 aliphatic heterocycles. The van der Waals surface area contributed by atoms with Gasteiger partial charge in [-0.3, -0.25) is 14.4 Å². The summed E-state index contributed by atoms with van der Waals surface area (Å²) in [4.78, 5) is 26.7. The normalized spacial score (nSPS) is 14.9. The third kappa shape index (κ3) is 4.45. The average Bonchev–Trinajstić information content (AvgIpc) is 2.16. The van der Waals surface area contributed by atoms with E-state index in [9.17, 15) is 9.59 Å². The standard InChI is InChI=1S/C9H18N2O3/c1-3-7(10)8(12)4-6(2)9(13)5-14-11/h6-7H,3-5,10-11H2,1-2H3. The fraction of sp³-hybridized carbons (Fsp3) is 0.778. The summed E-state index contributed by atoms with van der Waals surface area (Å²) in [6.45, 7) is 3.34. The summed E-state index contributed by atoms with van der Waals surface area (Å²) in [5, 5.41) is 0. The van der Waals surface area contributed by atoms with Crippen molar-refractivity contribution in [2.75, 3.05) is 6.61 Å². The molecule has 0 bridgehead atoms. The predicted molar refractivity (Wildman–Crippen MR) is 52.2 cm³/mol. The quantitative estimate of drug-likeness (QED) is 0.556. The van der Waals surface area contributed by atoms with E-state index in [-0.39, 0.29) is 30.5 Å². The van der Waals surface area contributed by atoms with Crippen LogP contribution in [0.15, 0.2) is 0 Å². The number of hydrogen-bond donors (Lipinski definition) is 2. The number of carbonyl (C=O) groups is 2. The molecule has 0 spiro atoms. The van der Waals surface area contributed by atoms with Gasteiger partial charge in [-0.05, 0) is 6.42 Å². The van der Waals surface area contributed by atoms with Crippen molar-refractivity contribution in [3.63, 3.8) is 0 Å². The highest BCUT2D eigenvalue weighted by Gasteiger charge is 2.19. The molecule has 0 rings (SSSR count). The molecule has 0 aromatic heterocycles. The van der Waals surface area contributed by atoms with Crippen molar-refractivity contribution in [2.45, 2.75) is 32.7 Å². The lowest BCUT2D eigenvalue weighted by molar-refractivity contribution is -0.131. The first-order valence-corrected chi connectivity index (χ1v) is 4.65. The van der Waals surface area contributed by atoms with E-state index in [0.29, 0.717) is 6.42 Å². The summed E-state index contributed by atoms with van der Waals surface area (Å²) in [6.07, 6.45) is 0.754. The van der Waals surface area contributed by atoms with Crippen LogP contribution in [-0.2, 0) is 14.4 Å². The Morgan fingerprint density at radius 3 is 2.36 bits per heavy atom. The molecule has 0 aromatic carbocycles. The van der Waals surface area contributed by atoms with Gasteiger partial charge in [-0.15, -0.1) is 0 Å². The van der Waals surface area contributed by atoms with Crippen LogP contribution >= 0.6 is 0 Å². The smallest absolute Gasteiger partial charge is 0.163 e. The Bertz CT molecular complexity index is 206. The molecule has 0 aromatic rings. The molecule has 14 heavy (non-hydrogen) atoms. The summed E-state index contributed by atoms with van der Waals surface area (Å²) >= 11 is 0. The number of rotatable bonds is 7. The minimum atomic E-state index is -0.468. The van der Waals surface area contributed by atoms with Crippen LogP contribution in [0.5, 0.6) is 0 Å². The van der Waals surface area contributed by atoms with Crippen molar-refractivity contribution in [3.8, 4) is 0 Å². The maximum Gasteiger partial charge on any atom is 0.163 e. The van der Waals surface area contributed by atoms with E-state index in [4.69, 9.17) is 11.6 Å². The number of hydrogen-bond acceptors (Lipinski definition) is 5. The molecule has 4 N–H and O–H groups in total. The Hall–Kier alpha value is -0.780. The first-order valence-electron chi connectivity index (χ1n) is 4.65. The maximum absolute atomic E-state index is 11.3. The first-order chi connectivity index (χ1) is 6.52. The zero-order chi connectivity index (χ0) is 11.1. The molecular formula is C9H18N2O3. The fourth-order valence-electron chi connectivity index (χ4n) is 1.02. The van der Waals surface area contributed by atoms with Crippen LogP contribution in [0.2, 0.25) is 0 Å². The van der Waals surface area contributed by atoms with Crippen LogP contribution in [0.1, 0.15) is 26.7 Å². The van der Waals surface area contributed by atoms with Gasteiger partial charge in [0.05, 0.1) is 6.04 Å². The largest absolute Gasteiger partial charge is 0.322 e. The highest BCUT2D eigenvalue weighted by atomic mass is 16.6. The second-order valence-corrected chi connectivity index (χ2v) is 3.36. The van der Waals surface area contributed by atoms with Crippen molar-refractivity contribution < 1.29 is 14.4 Å². The maximum atomic E-state index is 11.3. The molecule has 82 valence electrons. The molecule has 0 heterocycles. The van der Waals surface area contributed by atoms with Gasteiger partial charge in [0.2, 0.25) is 0 Å². The zero-order valence-corrected chi connectivity index (χ0v) is 8.66. The fourth-order valence-corrected chi connectivity index (χ4v) is 1.02. The van der Waals surface area contributed by atoms with Crippen molar-refractivity contribution >= 4 is 11.6 Å². The minimum Gasteiger partial charge on any atom is -0.322 e. The van der Waals surface area contributed by atoms with Crippen LogP contribution in [-0.4, -0.2) is 24.2 Å².